The summed E-state index contributed by atoms with van der Waals surface area (Å²) in [4.78, 5) is 4.48. The SMILES string of the molecule is Cc1ccc2cccc(OCC3(O)CCS(=O)(=O)CC3)c2n1. The van der Waals surface area contributed by atoms with Crippen molar-refractivity contribution < 1.29 is 18.3 Å². The summed E-state index contributed by atoms with van der Waals surface area (Å²) >= 11 is 0. The zero-order valence-electron chi connectivity index (χ0n) is 12.4. The lowest BCUT2D eigenvalue weighted by molar-refractivity contribution is -0.0124. The summed E-state index contributed by atoms with van der Waals surface area (Å²) in [6.45, 7) is 1.99. The molecule has 0 spiro atoms. The second kappa shape index (κ2) is 5.52. The fraction of sp³-hybridized carbons (Fsp3) is 0.438. The number of aryl methyl sites for hydroxylation is 1. The molecule has 2 heterocycles. The van der Waals surface area contributed by atoms with Crippen LogP contribution >= 0.6 is 0 Å². The molecule has 1 aliphatic heterocycles. The molecular formula is C16H19NO4S. The molecule has 0 radical (unpaired) electrons. The maximum absolute atomic E-state index is 11.5. The largest absolute Gasteiger partial charge is 0.488 e. The third-order valence-corrected chi connectivity index (χ3v) is 5.73. The van der Waals surface area contributed by atoms with Crippen molar-refractivity contribution in [3.8, 4) is 5.75 Å². The minimum absolute atomic E-state index is 0.0136. The fourth-order valence-corrected chi connectivity index (χ4v) is 4.19. The second-order valence-corrected chi connectivity index (χ2v) is 8.25. The maximum atomic E-state index is 11.5. The number of hydrogen-bond donors (Lipinski definition) is 1. The number of benzene rings is 1. The van der Waals surface area contributed by atoms with Crippen molar-refractivity contribution in [1.29, 1.82) is 0 Å². The van der Waals surface area contributed by atoms with Gasteiger partial charge < -0.3 is 9.84 Å². The summed E-state index contributed by atoms with van der Waals surface area (Å²) in [7, 11) is -3.00. The summed E-state index contributed by atoms with van der Waals surface area (Å²) < 4.78 is 28.7. The average Bonchev–Trinajstić information content (AvgIpc) is 2.49. The quantitative estimate of drug-likeness (QED) is 0.934. The minimum atomic E-state index is -3.00. The van der Waals surface area contributed by atoms with Crippen molar-refractivity contribution in [1.82, 2.24) is 4.98 Å². The highest BCUT2D eigenvalue weighted by molar-refractivity contribution is 7.91. The zero-order valence-corrected chi connectivity index (χ0v) is 13.3. The maximum Gasteiger partial charge on any atom is 0.150 e. The lowest BCUT2D eigenvalue weighted by atomic mass is 9.98. The van der Waals surface area contributed by atoms with Gasteiger partial charge in [-0.25, -0.2) is 13.4 Å². The number of pyridine rings is 1. The topological polar surface area (TPSA) is 76.5 Å². The number of hydrogen-bond acceptors (Lipinski definition) is 5. The summed E-state index contributed by atoms with van der Waals surface area (Å²) in [5, 5.41) is 11.5. The van der Waals surface area contributed by atoms with Gasteiger partial charge >= 0.3 is 0 Å². The number of nitrogens with zero attached hydrogens (tertiary/aromatic N) is 1. The summed E-state index contributed by atoms with van der Waals surface area (Å²) in [5.41, 5.74) is 0.567. The molecule has 1 aromatic heterocycles. The number of fused-ring (bicyclic) bond motifs is 1. The second-order valence-electron chi connectivity index (χ2n) is 5.95. The Morgan fingerprint density at radius 2 is 1.95 bits per heavy atom. The van der Waals surface area contributed by atoms with Gasteiger partial charge in [0.2, 0.25) is 0 Å². The Labute approximate surface area is 129 Å². The van der Waals surface area contributed by atoms with Gasteiger partial charge in [-0.3, -0.25) is 0 Å². The highest BCUT2D eigenvalue weighted by Gasteiger charge is 2.36. The van der Waals surface area contributed by atoms with Crippen molar-refractivity contribution >= 4 is 20.7 Å². The lowest BCUT2D eigenvalue weighted by Gasteiger charge is -2.31. The Bertz CT molecular complexity index is 787. The molecule has 0 unspecified atom stereocenters. The highest BCUT2D eigenvalue weighted by atomic mass is 32.2. The molecule has 6 heteroatoms. The number of ether oxygens (including phenoxy) is 1. The normalized spacial score (nSPS) is 19.9. The van der Waals surface area contributed by atoms with E-state index in [4.69, 9.17) is 4.74 Å². The highest BCUT2D eigenvalue weighted by Crippen LogP contribution is 2.28. The smallest absolute Gasteiger partial charge is 0.150 e. The fourth-order valence-electron chi connectivity index (χ4n) is 2.61. The molecule has 22 heavy (non-hydrogen) atoms. The van der Waals surface area contributed by atoms with Crippen LogP contribution in [0.15, 0.2) is 30.3 Å². The molecule has 0 atom stereocenters. The Morgan fingerprint density at radius 3 is 2.68 bits per heavy atom. The van der Waals surface area contributed by atoms with Crippen LogP contribution in [0.5, 0.6) is 5.75 Å². The van der Waals surface area contributed by atoms with Crippen LogP contribution in [0.4, 0.5) is 0 Å². The van der Waals surface area contributed by atoms with Crippen molar-refractivity contribution in [2.24, 2.45) is 0 Å². The molecule has 0 amide bonds. The molecule has 1 fully saturated rings. The Balaban J connectivity index is 1.78. The molecule has 0 aliphatic carbocycles. The van der Waals surface area contributed by atoms with Gasteiger partial charge in [-0.2, -0.15) is 0 Å². The summed E-state index contributed by atoms with van der Waals surface area (Å²) in [5.74, 6) is 0.641. The minimum Gasteiger partial charge on any atom is -0.488 e. The van der Waals surface area contributed by atoms with E-state index >= 15 is 0 Å². The van der Waals surface area contributed by atoms with E-state index in [-0.39, 0.29) is 31.0 Å². The third-order valence-electron chi connectivity index (χ3n) is 4.08. The molecule has 1 N–H and O–H groups in total. The molecule has 0 saturated carbocycles. The number of aromatic nitrogens is 1. The van der Waals surface area contributed by atoms with E-state index < -0.39 is 15.4 Å². The molecule has 1 saturated heterocycles. The number of rotatable bonds is 3. The van der Waals surface area contributed by atoms with E-state index in [0.29, 0.717) is 5.75 Å². The van der Waals surface area contributed by atoms with E-state index in [1.165, 1.54) is 0 Å². The number of para-hydroxylation sites is 1. The Hall–Kier alpha value is -1.66. The van der Waals surface area contributed by atoms with Crippen molar-refractivity contribution in [2.45, 2.75) is 25.4 Å². The van der Waals surface area contributed by atoms with Crippen LogP contribution in [0.3, 0.4) is 0 Å². The first-order valence-electron chi connectivity index (χ1n) is 7.29. The first-order valence-corrected chi connectivity index (χ1v) is 9.11. The molecule has 0 bridgehead atoms. The van der Waals surface area contributed by atoms with Gasteiger partial charge in [0, 0.05) is 11.1 Å². The van der Waals surface area contributed by atoms with Gasteiger partial charge in [0.25, 0.3) is 0 Å². The lowest BCUT2D eigenvalue weighted by Crippen LogP contribution is -2.43. The van der Waals surface area contributed by atoms with Gasteiger partial charge in [0.05, 0.1) is 11.5 Å². The van der Waals surface area contributed by atoms with Gasteiger partial charge in [-0.1, -0.05) is 18.2 Å². The van der Waals surface area contributed by atoms with E-state index in [9.17, 15) is 13.5 Å². The monoisotopic (exact) mass is 321 g/mol. The van der Waals surface area contributed by atoms with Crippen LogP contribution in [0.1, 0.15) is 18.5 Å². The standard InChI is InChI=1S/C16H19NO4S/c1-12-5-6-13-3-2-4-14(15(13)17-12)21-11-16(18)7-9-22(19,20)10-8-16/h2-6,18H,7-11H2,1H3. The van der Waals surface area contributed by atoms with Gasteiger partial charge in [-0.05, 0) is 31.9 Å². The van der Waals surface area contributed by atoms with Crippen LogP contribution in [-0.2, 0) is 9.84 Å². The Morgan fingerprint density at radius 1 is 1.23 bits per heavy atom. The third kappa shape index (κ3) is 3.23. The van der Waals surface area contributed by atoms with E-state index in [2.05, 4.69) is 4.98 Å². The zero-order chi connectivity index (χ0) is 15.8. The van der Waals surface area contributed by atoms with Gasteiger partial charge in [-0.15, -0.1) is 0 Å². The van der Waals surface area contributed by atoms with E-state index in [1.54, 1.807) is 0 Å². The summed E-state index contributed by atoms with van der Waals surface area (Å²) in [6, 6.07) is 9.57. The molecule has 1 aromatic carbocycles. The molecule has 3 rings (SSSR count). The van der Waals surface area contributed by atoms with Crippen molar-refractivity contribution in [3.63, 3.8) is 0 Å². The predicted molar refractivity (Wildman–Crippen MR) is 84.8 cm³/mol. The van der Waals surface area contributed by atoms with Crippen LogP contribution in [-0.4, -0.2) is 42.2 Å². The molecular weight excluding hydrogens is 302 g/mol. The van der Waals surface area contributed by atoms with E-state index in [1.807, 2.05) is 37.3 Å². The van der Waals surface area contributed by atoms with E-state index in [0.717, 1.165) is 16.6 Å². The van der Waals surface area contributed by atoms with Crippen molar-refractivity contribution in [2.75, 3.05) is 18.1 Å². The molecule has 1 aliphatic rings. The number of aliphatic hydroxyl groups is 1. The first-order chi connectivity index (χ1) is 10.4. The van der Waals surface area contributed by atoms with Gasteiger partial charge in [0.1, 0.15) is 23.5 Å². The first kappa shape index (κ1) is 15.2. The average molecular weight is 321 g/mol. The predicted octanol–water partition coefficient (Wildman–Crippen LogP) is 1.86. The van der Waals surface area contributed by atoms with Crippen LogP contribution in [0.25, 0.3) is 10.9 Å². The number of sulfone groups is 1. The molecule has 2 aromatic rings. The Kier molecular flexibility index (Phi) is 3.82. The molecule has 118 valence electrons. The molecule has 5 nitrogen and oxygen atoms in total. The van der Waals surface area contributed by atoms with Crippen LogP contribution in [0.2, 0.25) is 0 Å². The summed E-state index contributed by atoms with van der Waals surface area (Å²) in [6.07, 6.45) is 0.430. The van der Waals surface area contributed by atoms with Crippen LogP contribution in [0, 0.1) is 6.92 Å². The van der Waals surface area contributed by atoms with Crippen molar-refractivity contribution in [3.05, 3.63) is 36.0 Å². The van der Waals surface area contributed by atoms with Gasteiger partial charge in [0.15, 0.2) is 9.84 Å². The van der Waals surface area contributed by atoms with Crippen LogP contribution < -0.4 is 4.74 Å².